The summed E-state index contributed by atoms with van der Waals surface area (Å²) in [6, 6.07) is 19.8. The Kier molecular flexibility index (Phi) is 5.62. The van der Waals surface area contributed by atoms with E-state index in [9.17, 15) is 0 Å². The molecule has 0 aromatic heterocycles. The maximum atomic E-state index is 6.58. The van der Waals surface area contributed by atoms with E-state index in [0.29, 0.717) is 12.1 Å². The molecule has 1 aliphatic rings. The normalized spacial score (nSPS) is 22.0. The minimum absolute atomic E-state index is 0.143. The van der Waals surface area contributed by atoms with Gasteiger partial charge in [0.1, 0.15) is 0 Å². The summed E-state index contributed by atoms with van der Waals surface area (Å²) in [5, 5.41) is 3.84. The lowest BCUT2D eigenvalue weighted by molar-refractivity contribution is 0.153. The van der Waals surface area contributed by atoms with Crippen LogP contribution in [0.4, 0.5) is 5.69 Å². The number of nitrogen functional groups attached to an aromatic ring is 1. The molecule has 1 heterocycles. The minimum atomic E-state index is -1.63. The van der Waals surface area contributed by atoms with Crippen molar-refractivity contribution in [1.82, 2.24) is 5.32 Å². The Morgan fingerprint density at radius 2 is 1.72 bits per heavy atom. The van der Waals surface area contributed by atoms with Crippen molar-refractivity contribution in [2.45, 2.75) is 57.1 Å². The number of rotatable bonds is 6. The summed E-state index contributed by atoms with van der Waals surface area (Å²) in [6.07, 6.45) is 3.53. The van der Waals surface area contributed by atoms with Crippen LogP contribution in [-0.4, -0.2) is 20.4 Å². The molecule has 3 nitrogen and oxygen atoms in total. The summed E-state index contributed by atoms with van der Waals surface area (Å²) in [7, 11) is -1.63. The van der Waals surface area contributed by atoms with Gasteiger partial charge in [0, 0.05) is 17.8 Å². The molecule has 3 N–H and O–H groups in total. The Labute approximate surface area is 152 Å². The van der Waals surface area contributed by atoms with Crippen molar-refractivity contribution in [1.29, 1.82) is 0 Å². The van der Waals surface area contributed by atoms with Crippen molar-refractivity contribution in [2.24, 2.45) is 0 Å². The summed E-state index contributed by atoms with van der Waals surface area (Å²) in [6.45, 7) is 6.80. The molecular weight excluding hydrogens is 324 g/mol. The van der Waals surface area contributed by atoms with Gasteiger partial charge in [-0.2, -0.15) is 0 Å². The SMILES string of the molecule is C[Si](C)(C)O[C@H](c1ccccc1)[C@H]1CC[C@@H](Cc2ccc(N)cc2)N1. The second-order valence-corrected chi connectivity index (χ2v) is 12.5. The first-order valence-corrected chi connectivity index (χ1v) is 12.6. The second kappa shape index (κ2) is 7.73. The predicted octanol–water partition coefficient (Wildman–Crippen LogP) is 4.52. The van der Waals surface area contributed by atoms with Crippen LogP contribution < -0.4 is 11.1 Å². The van der Waals surface area contributed by atoms with Crippen LogP contribution in [0.5, 0.6) is 0 Å². The first kappa shape index (κ1) is 18.2. The van der Waals surface area contributed by atoms with E-state index in [4.69, 9.17) is 10.2 Å². The molecule has 134 valence electrons. The quantitative estimate of drug-likeness (QED) is 0.592. The summed E-state index contributed by atoms with van der Waals surface area (Å²) in [4.78, 5) is 0. The average Bonchev–Trinajstić information content (AvgIpc) is 3.03. The number of anilines is 1. The van der Waals surface area contributed by atoms with E-state index in [0.717, 1.165) is 18.5 Å². The molecule has 1 fully saturated rings. The van der Waals surface area contributed by atoms with E-state index >= 15 is 0 Å². The van der Waals surface area contributed by atoms with E-state index in [2.05, 4.69) is 67.4 Å². The topological polar surface area (TPSA) is 47.3 Å². The fourth-order valence-electron chi connectivity index (χ4n) is 3.59. The molecule has 3 atom stereocenters. The molecule has 0 spiro atoms. The van der Waals surface area contributed by atoms with E-state index in [-0.39, 0.29) is 6.10 Å². The maximum Gasteiger partial charge on any atom is 0.184 e. The van der Waals surface area contributed by atoms with Crippen molar-refractivity contribution in [3.05, 3.63) is 65.7 Å². The molecular formula is C21H30N2OSi. The lowest BCUT2D eigenvalue weighted by atomic mass is 10.0. The van der Waals surface area contributed by atoms with Gasteiger partial charge in [0.05, 0.1) is 6.10 Å². The van der Waals surface area contributed by atoms with E-state index in [1.54, 1.807) is 0 Å². The number of nitrogens with two attached hydrogens (primary N) is 1. The van der Waals surface area contributed by atoms with Crippen LogP contribution in [0.15, 0.2) is 54.6 Å². The minimum Gasteiger partial charge on any atom is -0.409 e. The molecule has 2 aromatic rings. The molecule has 0 unspecified atom stereocenters. The lowest BCUT2D eigenvalue weighted by Gasteiger charge is -2.31. The van der Waals surface area contributed by atoms with E-state index in [1.165, 1.54) is 17.5 Å². The van der Waals surface area contributed by atoms with Crippen LogP contribution in [-0.2, 0) is 10.8 Å². The van der Waals surface area contributed by atoms with Crippen LogP contribution >= 0.6 is 0 Å². The van der Waals surface area contributed by atoms with Crippen molar-refractivity contribution < 1.29 is 4.43 Å². The Balaban J connectivity index is 1.69. The van der Waals surface area contributed by atoms with Crippen molar-refractivity contribution >= 4 is 14.0 Å². The Hall–Kier alpha value is -1.62. The third-order valence-corrected chi connectivity index (χ3v) is 5.67. The van der Waals surface area contributed by atoms with Gasteiger partial charge in [0.2, 0.25) is 0 Å². The average molecular weight is 355 g/mol. The van der Waals surface area contributed by atoms with Gasteiger partial charge < -0.3 is 15.5 Å². The standard InChI is InChI=1S/C21H30N2OSi/c1-25(2,3)24-21(17-7-5-4-6-8-17)20-14-13-19(23-20)15-16-9-11-18(22)12-10-16/h4-12,19-21,23H,13-15,22H2,1-3H3/t19-,20+,21+/m0/s1. The molecule has 0 aliphatic carbocycles. The number of benzene rings is 2. The smallest absolute Gasteiger partial charge is 0.184 e. The van der Waals surface area contributed by atoms with E-state index < -0.39 is 8.32 Å². The van der Waals surface area contributed by atoms with Crippen LogP contribution in [0.3, 0.4) is 0 Å². The number of nitrogens with one attached hydrogen (secondary N) is 1. The molecule has 1 aliphatic heterocycles. The van der Waals surface area contributed by atoms with Crippen LogP contribution in [0.2, 0.25) is 19.6 Å². The third kappa shape index (κ3) is 5.17. The van der Waals surface area contributed by atoms with Crippen molar-refractivity contribution in [2.75, 3.05) is 5.73 Å². The van der Waals surface area contributed by atoms with Gasteiger partial charge in [-0.05, 0) is 62.2 Å². The first-order valence-electron chi connectivity index (χ1n) is 9.24. The molecule has 4 heteroatoms. The van der Waals surface area contributed by atoms with Gasteiger partial charge in [-0.15, -0.1) is 0 Å². The molecule has 3 rings (SSSR count). The second-order valence-electron chi connectivity index (χ2n) is 8.05. The summed E-state index contributed by atoms with van der Waals surface area (Å²) in [5.74, 6) is 0. The molecule has 1 saturated heterocycles. The first-order chi connectivity index (χ1) is 11.9. The Bertz CT molecular complexity index is 667. The van der Waals surface area contributed by atoms with Crippen LogP contribution in [0.25, 0.3) is 0 Å². The Morgan fingerprint density at radius 3 is 2.36 bits per heavy atom. The van der Waals surface area contributed by atoms with Gasteiger partial charge in [0.15, 0.2) is 8.32 Å². The van der Waals surface area contributed by atoms with Gasteiger partial charge >= 0.3 is 0 Å². The number of hydrogen-bond acceptors (Lipinski definition) is 3. The summed E-state index contributed by atoms with van der Waals surface area (Å²) >= 11 is 0. The van der Waals surface area contributed by atoms with Crippen molar-refractivity contribution in [3.8, 4) is 0 Å². The molecule has 0 radical (unpaired) electrons. The molecule has 0 saturated carbocycles. The van der Waals surface area contributed by atoms with Gasteiger partial charge in [-0.25, -0.2) is 0 Å². The summed E-state index contributed by atoms with van der Waals surface area (Å²) < 4.78 is 6.58. The highest BCUT2D eigenvalue weighted by Crippen LogP contribution is 2.32. The molecule has 0 bridgehead atoms. The third-order valence-electron chi connectivity index (χ3n) is 4.71. The Morgan fingerprint density at radius 1 is 1.04 bits per heavy atom. The van der Waals surface area contributed by atoms with E-state index in [1.807, 2.05) is 12.1 Å². The van der Waals surface area contributed by atoms with Gasteiger partial charge in [0.25, 0.3) is 0 Å². The largest absolute Gasteiger partial charge is 0.409 e. The fourth-order valence-corrected chi connectivity index (χ4v) is 4.66. The van der Waals surface area contributed by atoms with Crippen molar-refractivity contribution in [3.63, 3.8) is 0 Å². The van der Waals surface area contributed by atoms with Crippen LogP contribution in [0, 0.1) is 0 Å². The zero-order chi connectivity index (χ0) is 17.9. The van der Waals surface area contributed by atoms with Gasteiger partial charge in [-0.1, -0.05) is 42.5 Å². The zero-order valence-electron chi connectivity index (χ0n) is 15.5. The van der Waals surface area contributed by atoms with Gasteiger partial charge in [-0.3, -0.25) is 0 Å². The molecule has 2 aromatic carbocycles. The highest BCUT2D eigenvalue weighted by atomic mass is 28.4. The van der Waals surface area contributed by atoms with Crippen LogP contribution in [0.1, 0.15) is 30.1 Å². The lowest BCUT2D eigenvalue weighted by Crippen LogP contribution is -2.40. The molecule has 0 amide bonds. The monoisotopic (exact) mass is 354 g/mol. The highest BCUT2D eigenvalue weighted by molar-refractivity contribution is 6.69. The number of hydrogen-bond donors (Lipinski definition) is 2. The maximum absolute atomic E-state index is 6.58. The fraction of sp³-hybridized carbons (Fsp3) is 0.429. The highest BCUT2D eigenvalue weighted by Gasteiger charge is 2.34. The predicted molar refractivity (Wildman–Crippen MR) is 108 cm³/mol. The zero-order valence-corrected chi connectivity index (χ0v) is 16.5. The molecule has 25 heavy (non-hydrogen) atoms. The summed E-state index contributed by atoms with van der Waals surface area (Å²) in [5.41, 5.74) is 9.25.